The van der Waals surface area contributed by atoms with E-state index in [1.807, 2.05) is 6.07 Å². The van der Waals surface area contributed by atoms with Gasteiger partial charge in [-0.25, -0.2) is 0 Å². The molecular formula is C11H6N6O. The normalized spacial score (nSPS) is 10.2. The zero-order valence-corrected chi connectivity index (χ0v) is 9.03. The largest absolute Gasteiger partial charge is 0.333 e. The Kier molecular flexibility index (Phi) is 2.32. The number of hydrogen-bond donors (Lipinski definition) is 1. The first-order valence-corrected chi connectivity index (χ1v) is 5.06. The third-order valence-corrected chi connectivity index (χ3v) is 2.35. The van der Waals surface area contributed by atoms with Crippen molar-refractivity contribution in [2.45, 2.75) is 0 Å². The molecule has 0 amide bonds. The summed E-state index contributed by atoms with van der Waals surface area (Å²) in [4.78, 5) is 8.13. The van der Waals surface area contributed by atoms with Crippen LogP contribution in [0.2, 0.25) is 0 Å². The molecule has 0 saturated heterocycles. The summed E-state index contributed by atoms with van der Waals surface area (Å²) in [6, 6.07) is 5.51. The van der Waals surface area contributed by atoms with Crippen LogP contribution in [-0.4, -0.2) is 25.3 Å². The first-order chi connectivity index (χ1) is 8.88. The van der Waals surface area contributed by atoms with Gasteiger partial charge in [-0.15, -0.1) is 0 Å². The van der Waals surface area contributed by atoms with E-state index in [1.165, 1.54) is 6.20 Å². The number of hydrogen-bond acceptors (Lipinski definition) is 6. The molecule has 3 heterocycles. The van der Waals surface area contributed by atoms with Crippen molar-refractivity contribution in [3.05, 3.63) is 36.4 Å². The van der Waals surface area contributed by atoms with Crippen molar-refractivity contribution in [3.63, 3.8) is 0 Å². The maximum Gasteiger partial charge on any atom is 0.262 e. The van der Waals surface area contributed by atoms with Crippen molar-refractivity contribution in [3.8, 4) is 28.9 Å². The molecule has 3 aromatic heterocycles. The highest BCUT2D eigenvalue weighted by molar-refractivity contribution is 5.62. The molecule has 0 aliphatic heterocycles. The van der Waals surface area contributed by atoms with Crippen LogP contribution in [-0.2, 0) is 0 Å². The minimum atomic E-state index is 0.257. The fraction of sp³-hybridized carbons (Fsp3) is 0. The van der Waals surface area contributed by atoms with Crippen LogP contribution in [0, 0.1) is 11.3 Å². The molecule has 0 atom stereocenters. The van der Waals surface area contributed by atoms with E-state index in [4.69, 9.17) is 9.78 Å². The van der Waals surface area contributed by atoms with Crippen LogP contribution in [0.5, 0.6) is 0 Å². The number of aromatic nitrogens is 5. The second-order valence-electron chi connectivity index (χ2n) is 3.43. The molecule has 0 unspecified atom stereocenters. The number of nitrogens with zero attached hydrogens (tertiary/aromatic N) is 5. The van der Waals surface area contributed by atoms with Crippen molar-refractivity contribution in [1.82, 2.24) is 25.3 Å². The molecule has 0 aliphatic rings. The highest BCUT2D eigenvalue weighted by Crippen LogP contribution is 2.22. The molecule has 0 fully saturated rings. The molecule has 0 radical (unpaired) electrons. The summed E-state index contributed by atoms with van der Waals surface area (Å²) in [5.74, 6) is 0.699. The first-order valence-electron chi connectivity index (χ1n) is 5.06. The molecule has 86 valence electrons. The zero-order valence-electron chi connectivity index (χ0n) is 9.03. The van der Waals surface area contributed by atoms with Crippen molar-refractivity contribution in [1.29, 1.82) is 5.26 Å². The summed E-state index contributed by atoms with van der Waals surface area (Å²) in [5.41, 5.74) is 1.58. The Morgan fingerprint density at radius 1 is 1.28 bits per heavy atom. The van der Waals surface area contributed by atoms with Crippen LogP contribution in [0.15, 0.2) is 35.2 Å². The number of nitriles is 1. The number of H-pyrrole nitrogens is 1. The fourth-order valence-electron chi connectivity index (χ4n) is 1.48. The second kappa shape index (κ2) is 4.10. The van der Waals surface area contributed by atoms with Gasteiger partial charge in [0.25, 0.3) is 5.89 Å². The molecule has 7 heteroatoms. The summed E-state index contributed by atoms with van der Waals surface area (Å²) in [5, 5.41) is 19.0. The van der Waals surface area contributed by atoms with E-state index in [-0.39, 0.29) is 5.89 Å². The van der Waals surface area contributed by atoms with E-state index in [9.17, 15) is 0 Å². The lowest BCUT2D eigenvalue weighted by atomic mass is 10.2. The molecule has 1 N–H and O–H groups in total. The summed E-state index contributed by atoms with van der Waals surface area (Å²) >= 11 is 0. The Morgan fingerprint density at radius 3 is 2.89 bits per heavy atom. The standard InChI is InChI=1S/C11H6N6O/c12-5-9-8(6-14-16-9)11-15-10(17-18-11)7-1-3-13-4-2-7/h1-4,6H,(H,14,16). The quantitative estimate of drug-likeness (QED) is 0.723. The zero-order chi connectivity index (χ0) is 12.4. The molecule has 3 aromatic rings. The number of rotatable bonds is 2. The Balaban J connectivity index is 2.03. The Labute approximate surface area is 101 Å². The predicted octanol–water partition coefficient (Wildman–Crippen LogP) is 1.39. The average molecular weight is 238 g/mol. The number of pyridine rings is 1. The van der Waals surface area contributed by atoms with Gasteiger partial charge in [0, 0.05) is 18.0 Å². The fourth-order valence-corrected chi connectivity index (χ4v) is 1.48. The lowest BCUT2D eigenvalue weighted by Gasteiger charge is -1.90. The van der Waals surface area contributed by atoms with Crippen LogP contribution in [0.1, 0.15) is 5.69 Å². The van der Waals surface area contributed by atoms with Crippen molar-refractivity contribution >= 4 is 0 Å². The maximum absolute atomic E-state index is 8.87. The monoisotopic (exact) mass is 238 g/mol. The lowest BCUT2D eigenvalue weighted by Crippen LogP contribution is -1.82. The third kappa shape index (κ3) is 1.62. The average Bonchev–Trinajstić information content (AvgIpc) is 3.08. The topological polar surface area (TPSA) is 104 Å². The van der Waals surface area contributed by atoms with Gasteiger partial charge in [-0.2, -0.15) is 15.3 Å². The van der Waals surface area contributed by atoms with Gasteiger partial charge >= 0.3 is 0 Å². The van der Waals surface area contributed by atoms with Crippen molar-refractivity contribution < 1.29 is 4.52 Å². The maximum atomic E-state index is 8.87. The van der Waals surface area contributed by atoms with E-state index >= 15 is 0 Å². The van der Waals surface area contributed by atoms with Crippen LogP contribution < -0.4 is 0 Å². The third-order valence-electron chi connectivity index (χ3n) is 2.35. The van der Waals surface area contributed by atoms with Crippen LogP contribution in [0.25, 0.3) is 22.8 Å². The minimum Gasteiger partial charge on any atom is -0.333 e. The van der Waals surface area contributed by atoms with Crippen LogP contribution >= 0.6 is 0 Å². The van der Waals surface area contributed by atoms with E-state index in [2.05, 4.69) is 25.3 Å². The van der Waals surface area contributed by atoms with Crippen LogP contribution in [0.3, 0.4) is 0 Å². The molecular weight excluding hydrogens is 232 g/mol. The van der Waals surface area contributed by atoms with Gasteiger partial charge in [-0.3, -0.25) is 10.1 Å². The van der Waals surface area contributed by atoms with Gasteiger partial charge in [0.15, 0.2) is 0 Å². The Bertz CT molecular complexity index is 708. The minimum absolute atomic E-state index is 0.257. The summed E-state index contributed by atoms with van der Waals surface area (Å²) in [6.45, 7) is 0. The number of aromatic amines is 1. The molecule has 0 saturated carbocycles. The van der Waals surface area contributed by atoms with Gasteiger partial charge < -0.3 is 4.52 Å². The second-order valence-corrected chi connectivity index (χ2v) is 3.43. The smallest absolute Gasteiger partial charge is 0.262 e. The molecule has 0 aromatic carbocycles. The molecule has 0 bridgehead atoms. The Hall–Kier alpha value is -3.01. The van der Waals surface area contributed by atoms with Gasteiger partial charge in [0.2, 0.25) is 5.82 Å². The van der Waals surface area contributed by atoms with E-state index in [1.54, 1.807) is 24.5 Å². The van der Waals surface area contributed by atoms with E-state index < -0.39 is 0 Å². The van der Waals surface area contributed by atoms with Crippen molar-refractivity contribution in [2.24, 2.45) is 0 Å². The Morgan fingerprint density at radius 2 is 2.11 bits per heavy atom. The molecule has 7 nitrogen and oxygen atoms in total. The molecule has 3 rings (SSSR count). The predicted molar refractivity (Wildman–Crippen MR) is 59.8 cm³/mol. The first kappa shape index (κ1) is 10.2. The highest BCUT2D eigenvalue weighted by atomic mass is 16.5. The van der Waals surface area contributed by atoms with Crippen LogP contribution in [0.4, 0.5) is 0 Å². The van der Waals surface area contributed by atoms with Gasteiger partial charge in [0.1, 0.15) is 11.8 Å². The van der Waals surface area contributed by atoms with Crippen molar-refractivity contribution in [2.75, 3.05) is 0 Å². The number of nitrogens with one attached hydrogen (secondary N) is 1. The SMILES string of the molecule is N#Cc1[nH]ncc1-c1nc(-c2ccncc2)no1. The molecule has 0 spiro atoms. The van der Waals surface area contributed by atoms with Gasteiger partial charge in [-0.1, -0.05) is 5.16 Å². The van der Waals surface area contributed by atoms with Gasteiger partial charge in [-0.05, 0) is 12.1 Å². The molecule has 18 heavy (non-hydrogen) atoms. The van der Waals surface area contributed by atoms with E-state index in [0.29, 0.717) is 17.1 Å². The lowest BCUT2D eigenvalue weighted by molar-refractivity contribution is 0.432. The summed E-state index contributed by atoms with van der Waals surface area (Å²) in [7, 11) is 0. The highest BCUT2D eigenvalue weighted by Gasteiger charge is 2.15. The van der Waals surface area contributed by atoms with Gasteiger partial charge in [0.05, 0.1) is 11.8 Å². The summed E-state index contributed by atoms with van der Waals surface area (Å²) < 4.78 is 5.11. The summed E-state index contributed by atoms with van der Waals surface area (Å²) in [6.07, 6.45) is 4.76. The molecule has 0 aliphatic carbocycles. The van der Waals surface area contributed by atoms with E-state index in [0.717, 1.165) is 5.56 Å².